The number of nitrogens with zero attached hydrogens (tertiary/aromatic N) is 4. The lowest BCUT2D eigenvalue weighted by atomic mass is 9.96. The summed E-state index contributed by atoms with van der Waals surface area (Å²) in [6.07, 6.45) is 3.52. The van der Waals surface area contributed by atoms with E-state index in [1.165, 1.54) is 16.3 Å². The molecule has 3 aromatic heterocycles. The molecule has 0 unspecified atom stereocenters. The molecule has 7 rings (SSSR count). The SMILES string of the molecule is CC(C)c1nc2c(ccc3cc(-c4ccc5c(c4)c4cncnc4c4[nH]c(C(C)C)nc54)ccc32)[nH]1. The Kier molecular flexibility index (Phi) is 4.43. The molecule has 0 aliphatic rings. The second-order valence-corrected chi connectivity index (χ2v) is 10.2. The standard InChI is InChI=1S/C30H26N6/c1-15(2)29-33-24-10-7-19-11-17(5-8-20(19)25(24)34-29)18-6-9-21-22(12-18)23-13-31-14-32-26(23)28-27(21)35-30(36-28)16(3)4/h5-16H,1-4H3,(H,33,34)(H,35,36). The van der Waals surface area contributed by atoms with Crippen molar-refractivity contribution in [3.05, 3.63) is 72.7 Å². The molecule has 176 valence electrons. The molecule has 0 aliphatic carbocycles. The highest BCUT2D eigenvalue weighted by Gasteiger charge is 2.16. The van der Waals surface area contributed by atoms with Crippen molar-refractivity contribution in [1.29, 1.82) is 0 Å². The molecule has 0 bridgehead atoms. The molecule has 4 aromatic carbocycles. The predicted molar refractivity (Wildman–Crippen MR) is 147 cm³/mol. The summed E-state index contributed by atoms with van der Waals surface area (Å²) >= 11 is 0. The zero-order chi connectivity index (χ0) is 24.6. The largest absolute Gasteiger partial charge is 0.342 e. The van der Waals surface area contributed by atoms with Crippen LogP contribution >= 0.6 is 0 Å². The number of fused-ring (bicyclic) bond motifs is 9. The molecule has 0 atom stereocenters. The van der Waals surface area contributed by atoms with Gasteiger partial charge in [0.25, 0.3) is 0 Å². The number of nitrogens with one attached hydrogen (secondary N) is 2. The number of hydrogen-bond acceptors (Lipinski definition) is 4. The van der Waals surface area contributed by atoms with Crippen molar-refractivity contribution < 1.29 is 0 Å². The van der Waals surface area contributed by atoms with Crippen molar-refractivity contribution >= 4 is 54.5 Å². The molecule has 0 fully saturated rings. The van der Waals surface area contributed by atoms with Crippen LogP contribution in [0.4, 0.5) is 0 Å². The van der Waals surface area contributed by atoms with Crippen molar-refractivity contribution in [3.8, 4) is 11.1 Å². The zero-order valence-electron chi connectivity index (χ0n) is 20.7. The molecular formula is C30H26N6. The van der Waals surface area contributed by atoms with E-state index in [0.29, 0.717) is 11.8 Å². The molecule has 7 aromatic rings. The van der Waals surface area contributed by atoms with Gasteiger partial charge in [0.1, 0.15) is 18.0 Å². The summed E-state index contributed by atoms with van der Waals surface area (Å²) in [7, 11) is 0. The molecule has 0 radical (unpaired) electrons. The molecular weight excluding hydrogens is 444 g/mol. The lowest BCUT2D eigenvalue weighted by molar-refractivity contribution is 0.799. The van der Waals surface area contributed by atoms with Crippen LogP contribution in [0, 0.1) is 0 Å². The highest BCUT2D eigenvalue weighted by molar-refractivity contribution is 6.22. The number of aromatic nitrogens is 6. The van der Waals surface area contributed by atoms with Crippen LogP contribution in [0.1, 0.15) is 51.2 Å². The van der Waals surface area contributed by atoms with E-state index in [9.17, 15) is 0 Å². The number of imidazole rings is 2. The van der Waals surface area contributed by atoms with Gasteiger partial charge in [0.15, 0.2) is 0 Å². The molecule has 0 saturated carbocycles. The van der Waals surface area contributed by atoms with E-state index in [1.54, 1.807) is 6.33 Å². The van der Waals surface area contributed by atoms with E-state index in [1.807, 2.05) is 6.20 Å². The monoisotopic (exact) mass is 470 g/mol. The zero-order valence-corrected chi connectivity index (χ0v) is 20.7. The molecule has 3 heterocycles. The van der Waals surface area contributed by atoms with E-state index in [-0.39, 0.29) is 0 Å². The third-order valence-electron chi connectivity index (χ3n) is 7.15. The maximum atomic E-state index is 4.95. The number of hydrogen-bond donors (Lipinski definition) is 2. The van der Waals surface area contributed by atoms with Gasteiger partial charge in [0.05, 0.1) is 27.6 Å². The third-order valence-corrected chi connectivity index (χ3v) is 7.15. The Hall–Kier alpha value is -4.32. The Labute approximate surface area is 207 Å². The minimum absolute atomic E-state index is 0.304. The van der Waals surface area contributed by atoms with Gasteiger partial charge in [-0.15, -0.1) is 0 Å². The van der Waals surface area contributed by atoms with Gasteiger partial charge in [-0.05, 0) is 40.1 Å². The Bertz CT molecular complexity index is 1960. The Morgan fingerprint density at radius 2 is 1.36 bits per heavy atom. The summed E-state index contributed by atoms with van der Waals surface area (Å²) in [6.45, 7) is 8.62. The first-order chi connectivity index (χ1) is 17.5. The molecule has 6 nitrogen and oxygen atoms in total. The molecule has 6 heteroatoms. The minimum atomic E-state index is 0.304. The Morgan fingerprint density at radius 3 is 2.17 bits per heavy atom. The van der Waals surface area contributed by atoms with E-state index in [4.69, 9.17) is 9.97 Å². The van der Waals surface area contributed by atoms with Crippen LogP contribution in [0.2, 0.25) is 0 Å². The number of aromatic amines is 2. The normalized spacial score (nSPS) is 12.4. The number of benzene rings is 4. The molecule has 0 saturated heterocycles. The van der Waals surface area contributed by atoms with Crippen molar-refractivity contribution in [2.45, 2.75) is 39.5 Å². The Balaban J connectivity index is 1.45. The maximum Gasteiger partial charge on any atom is 0.116 e. The van der Waals surface area contributed by atoms with Gasteiger partial charge in [-0.25, -0.2) is 19.9 Å². The van der Waals surface area contributed by atoms with Crippen molar-refractivity contribution in [1.82, 2.24) is 29.9 Å². The van der Waals surface area contributed by atoms with E-state index >= 15 is 0 Å². The second-order valence-electron chi connectivity index (χ2n) is 10.2. The lowest BCUT2D eigenvalue weighted by Crippen LogP contribution is -1.88. The van der Waals surface area contributed by atoms with E-state index < -0.39 is 0 Å². The molecule has 36 heavy (non-hydrogen) atoms. The predicted octanol–water partition coefficient (Wildman–Crippen LogP) is 7.60. The highest BCUT2D eigenvalue weighted by Crippen LogP contribution is 2.37. The number of H-pyrrole nitrogens is 2. The van der Waals surface area contributed by atoms with Gasteiger partial charge in [-0.2, -0.15) is 0 Å². The van der Waals surface area contributed by atoms with Crippen molar-refractivity contribution in [2.24, 2.45) is 0 Å². The fourth-order valence-corrected chi connectivity index (χ4v) is 5.18. The Morgan fingerprint density at radius 1 is 0.639 bits per heavy atom. The van der Waals surface area contributed by atoms with Crippen LogP contribution < -0.4 is 0 Å². The van der Waals surface area contributed by atoms with Gasteiger partial charge in [0, 0.05) is 34.2 Å². The van der Waals surface area contributed by atoms with Crippen LogP contribution in [0.15, 0.2) is 61.1 Å². The van der Waals surface area contributed by atoms with E-state index in [2.05, 4.69) is 96.2 Å². The van der Waals surface area contributed by atoms with Gasteiger partial charge >= 0.3 is 0 Å². The quantitative estimate of drug-likeness (QED) is 0.260. The minimum Gasteiger partial charge on any atom is -0.342 e. The van der Waals surface area contributed by atoms with Gasteiger partial charge in [-0.1, -0.05) is 58.0 Å². The fraction of sp³-hybridized carbons (Fsp3) is 0.200. The lowest BCUT2D eigenvalue weighted by Gasteiger charge is -2.09. The molecule has 2 N–H and O–H groups in total. The van der Waals surface area contributed by atoms with Gasteiger partial charge in [-0.3, -0.25) is 0 Å². The smallest absolute Gasteiger partial charge is 0.116 e. The third kappa shape index (κ3) is 3.04. The molecule has 0 amide bonds. The first kappa shape index (κ1) is 21.0. The first-order valence-corrected chi connectivity index (χ1v) is 12.5. The summed E-state index contributed by atoms with van der Waals surface area (Å²) in [5.41, 5.74) is 7.28. The summed E-state index contributed by atoms with van der Waals surface area (Å²) in [4.78, 5) is 25.8. The van der Waals surface area contributed by atoms with Gasteiger partial charge in [0.2, 0.25) is 0 Å². The highest BCUT2D eigenvalue weighted by atomic mass is 14.9. The maximum absolute atomic E-state index is 4.95. The van der Waals surface area contributed by atoms with Gasteiger partial charge < -0.3 is 9.97 Å². The fourth-order valence-electron chi connectivity index (χ4n) is 5.18. The summed E-state index contributed by atoms with van der Waals surface area (Å²) in [6, 6.07) is 17.6. The van der Waals surface area contributed by atoms with Crippen LogP contribution in [0.5, 0.6) is 0 Å². The van der Waals surface area contributed by atoms with Crippen molar-refractivity contribution in [2.75, 3.05) is 0 Å². The summed E-state index contributed by atoms with van der Waals surface area (Å²) in [5.74, 6) is 2.66. The summed E-state index contributed by atoms with van der Waals surface area (Å²) in [5, 5.41) is 5.60. The summed E-state index contributed by atoms with van der Waals surface area (Å²) < 4.78 is 0. The van der Waals surface area contributed by atoms with E-state index in [0.717, 1.165) is 61.0 Å². The topological polar surface area (TPSA) is 83.1 Å². The molecule has 0 spiro atoms. The van der Waals surface area contributed by atoms with Crippen LogP contribution in [-0.2, 0) is 0 Å². The number of rotatable bonds is 3. The molecule has 0 aliphatic heterocycles. The van der Waals surface area contributed by atoms with Crippen LogP contribution in [-0.4, -0.2) is 29.9 Å². The van der Waals surface area contributed by atoms with Crippen LogP contribution in [0.3, 0.4) is 0 Å². The average molecular weight is 471 g/mol. The first-order valence-electron chi connectivity index (χ1n) is 12.5. The average Bonchev–Trinajstić information content (AvgIpc) is 3.54. The van der Waals surface area contributed by atoms with Crippen molar-refractivity contribution in [3.63, 3.8) is 0 Å². The van der Waals surface area contributed by atoms with Crippen LogP contribution in [0.25, 0.3) is 65.6 Å². The second kappa shape index (κ2) is 7.59.